The van der Waals surface area contributed by atoms with Crippen molar-refractivity contribution in [2.45, 2.75) is 18.2 Å². The molecule has 1 aliphatic rings. The zero-order chi connectivity index (χ0) is 14.9. The van der Waals surface area contributed by atoms with E-state index in [0.29, 0.717) is 18.4 Å². The lowest BCUT2D eigenvalue weighted by Gasteiger charge is -2.18. The van der Waals surface area contributed by atoms with Gasteiger partial charge in [-0.2, -0.15) is 0 Å². The molecule has 5 nitrogen and oxygen atoms in total. The van der Waals surface area contributed by atoms with E-state index < -0.39 is 16.0 Å². The Labute approximate surface area is 119 Å². The highest BCUT2D eigenvalue weighted by Gasteiger charge is 2.37. The number of methoxy groups -OCH3 is 1. The molecule has 1 aromatic carbocycles. The molecule has 0 aromatic heterocycles. The summed E-state index contributed by atoms with van der Waals surface area (Å²) >= 11 is 0. The monoisotopic (exact) mass is 297 g/mol. The van der Waals surface area contributed by atoms with Crippen molar-refractivity contribution in [3.8, 4) is 0 Å². The molecule has 0 saturated heterocycles. The topological polar surface area (TPSA) is 63.7 Å². The van der Waals surface area contributed by atoms with Crippen molar-refractivity contribution >= 4 is 16.0 Å². The van der Waals surface area contributed by atoms with Crippen LogP contribution in [0.1, 0.15) is 23.7 Å². The summed E-state index contributed by atoms with van der Waals surface area (Å²) in [5, 5.41) is 0. The highest BCUT2D eigenvalue weighted by Crippen LogP contribution is 2.38. The van der Waals surface area contributed by atoms with Gasteiger partial charge in [-0.25, -0.2) is 17.5 Å². The van der Waals surface area contributed by atoms with Crippen LogP contribution in [0.4, 0.5) is 0 Å². The van der Waals surface area contributed by atoms with E-state index in [9.17, 15) is 13.2 Å². The second-order valence-electron chi connectivity index (χ2n) is 5.25. The van der Waals surface area contributed by atoms with Gasteiger partial charge in [-0.1, -0.05) is 19.1 Å². The van der Waals surface area contributed by atoms with Gasteiger partial charge in [-0.15, -0.1) is 0 Å². The van der Waals surface area contributed by atoms with Crippen molar-refractivity contribution in [1.29, 1.82) is 0 Å². The number of hydrogen-bond acceptors (Lipinski definition) is 4. The van der Waals surface area contributed by atoms with Crippen molar-refractivity contribution in [2.75, 3.05) is 20.7 Å². The minimum atomic E-state index is -3.67. The smallest absolute Gasteiger partial charge is 0.339 e. The summed E-state index contributed by atoms with van der Waals surface area (Å²) < 4.78 is 31.1. The van der Waals surface area contributed by atoms with Crippen LogP contribution >= 0.6 is 0 Å². The Morgan fingerprint density at radius 2 is 2.00 bits per heavy atom. The summed E-state index contributed by atoms with van der Waals surface area (Å²) in [5.74, 6) is 0.348. The van der Waals surface area contributed by atoms with Crippen molar-refractivity contribution in [3.05, 3.63) is 29.8 Å². The van der Waals surface area contributed by atoms with E-state index in [4.69, 9.17) is 0 Å². The normalized spacial score (nSPS) is 21.8. The van der Waals surface area contributed by atoms with Crippen molar-refractivity contribution in [2.24, 2.45) is 11.8 Å². The second-order valence-corrected chi connectivity index (χ2v) is 7.26. The first-order valence-electron chi connectivity index (χ1n) is 6.51. The highest BCUT2D eigenvalue weighted by atomic mass is 32.2. The van der Waals surface area contributed by atoms with Gasteiger partial charge in [-0.3, -0.25) is 0 Å². The van der Waals surface area contributed by atoms with Crippen LogP contribution in [0.2, 0.25) is 0 Å². The summed E-state index contributed by atoms with van der Waals surface area (Å²) in [4.78, 5) is 11.7. The van der Waals surface area contributed by atoms with E-state index in [0.717, 1.165) is 6.42 Å². The number of carbonyl (C=O) groups excluding carboxylic acids is 1. The van der Waals surface area contributed by atoms with E-state index in [2.05, 4.69) is 11.7 Å². The van der Waals surface area contributed by atoms with E-state index in [-0.39, 0.29) is 10.5 Å². The molecule has 0 amide bonds. The summed E-state index contributed by atoms with van der Waals surface area (Å²) in [5.41, 5.74) is 0.0747. The van der Waals surface area contributed by atoms with Gasteiger partial charge in [0, 0.05) is 13.6 Å². The van der Waals surface area contributed by atoms with Crippen LogP contribution in [-0.2, 0) is 14.8 Å². The lowest BCUT2D eigenvalue weighted by molar-refractivity contribution is 0.0596. The van der Waals surface area contributed by atoms with Crippen molar-refractivity contribution < 1.29 is 17.9 Å². The van der Waals surface area contributed by atoms with E-state index in [1.54, 1.807) is 19.2 Å². The SMILES string of the molecule is COC(=O)c1ccccc1S(=O)(=O)N(C)CC1CC1C. The zero-order valence-electron chi connectivity index (χ0n) is 11.9. The molecular formula is C14H19NO4S. The number of ether oxygens (including phenoxy) is 1. The second kappa shape index (κ2) is 5.54. The lowest BCUT2D eigenvalue weighted by atomic mass is 10.2. The van der Waals surface area contributed by atoms with Gasteiger partial charge >= 0.3 is 5.97 Å². The third-order valence-electron chi connectivity index (χ3n) is 3.75. The molecule has 0 N–H and O–H groups in total. The van der Waals surface area contributed by atoms with Crippen LogP contribution in [0.5, 0.6) is 0 Å². The standard InChI is InChI=1S/C14H19NO4S/c1-10-8-11(10)9-15(2)20(17,18)13-7-5-4-6-12(13)14(16)19-3/h4-7,10-11H,8-9H2,1-3H3. The molecule has 1 aliphatic carbocycles. The van der Waals surface area contributed by atoms with E-state index in [1.165, 1.54) is 23.5 Å². The molecule has 0 heterocycles. The van der Waals surface area contributed by atoms with Gasteiger partial charge in [0.15, 0.2) is 0 Å². The molecule has 0 aliphatic heterocycles. The van der Waals surface area contributed by atoms with Crippen molar-refractivity contribution in [3.63, 3.8) is 0 Å². The van der Waals surface area contributed by atoms with Gasteiger partial charge in [-0.05, 0) is 30.4 Å². The molecule has 2 unspecified atom stereocenters. The predicted molar refractivity (Wildman–Crippen MR) is 74.9 cm³/mol. The molecule has 2 atom stereocenters. The Bertz CT molecular complexity index is 611. The average Bonchev–Trinajstić information content (AvgIpc) is 3.13. The first-order valence-corrected chi connectivity index (χ1v) is 7.95. The number of carbonyl (C=O) groups is 1. The summed E-state index contributed by atoms with van der Waals surface area (Å²) in [7, 11) is -0.883. The van der Waals surface area contributed by atoms with Crippen LogP contribution in [-0.4, -0.2) is 39.4 Å². The first kappa shape index (κ1) is 15.0. The first-order chi connectivity index (χ1) is 9.37. The summed E-state index contributed by atoms with van der Waals surface area (Å²) in [6.07, 6.45) is 1.05. The van der Waals surface area contributed by atoms with Crippen LogP contribution in [0.25, 0.3) is 0 Å². The molecule has 0 bridgehead atoms. The quantitative estimate of drug-likeness (QED) is 0.777. The lowest BCUT2D eigenvalue weighted by Crippen LogP contribution is -2.30. The molecule has 1 saturated carbocycles. The Kier molecular flexibility index (Phi) is 4.15. The zero-order valence-corrected chi connectivity index (χ0v) is 12.7. The Balaban J connectivity index is 2.31. The van der Waals surface area contributed by atoms with Gasteiger partial charge in [0.1, 0.15) is 0 Å². The molecule has 110 valence electrons. The number of hydrogen-bond donors (Lipinski definition) is 0. The summed E-state index contributed by atoms with van der Waals surface area (Å²) in [6.45, 7) is 2.59. The van der Waals surface area contributed by atoms with Crippen LogP contribution in [0.15, 0.2) is 29.2 Å². The number of nitrogens with zero attached hydrogens (tertiary/aromatic N) is 1. The third kappa shape index (κ3) is 2.86. The van der Waals surface area contributed by atoms with Gasteiger partial charge in [0.2, 0.25) is 10.0 Å². The summed E-state index contributed by atoms with van der Waals surface area (Å²) in [6, 6.07) is 6.13. The van der Waals surface area contributed by atoms with Crippen LogP contribution in [0.3, 0.4) is 0 Å². The minimum Gasteiger partial charge on any atom is -0.465 e. The van der Waals surface area contributed by atoms with Crippen LogP contribution < -0.4 is 0 Å². The molecular weight excluding hydrogens is 278 g/mol. The van der Waals surface area contributed by atoms with Crippen LogP contribution in [0, 0.1) is 11.8 Å². The number of rotatable bonds is 5. The molecule has 1 aromatic rings. The third-order valence-corrected chi connectivity index (χ3v) is 5.63. The molecule has 20 heavy (non-hydrogen) atoms. The maximum absolute atomic E-state index is 12.6. The fourth-order valence-electron chi connectivity index (χ4n) is 2.22. The molecule has 2 rings (SSSR count). The Hall–Kier alpha value is -1.40. The molecule has 1 fully saturated rings. The van der Waals surface area contributed by atoms with Gasteiger partial charge in [0.05, 0.1) is 17.6 Å². The number of benzene rings is 1. The Morgan fingerprint density at radius 1 is 1.40 bits per heavy atom. The Morgan fingerprint density at radius 3 is 2.55 bits per heavy atom. The number of sulfonamides is 1. The largest absolute Gasteiger partial charge is 0.465 e. The minimum absolute atomic E-state index is 0.00246. The average molecular weight is 297 g/mol. The van der Waals surface area contributed by atoms with Gasteiger partial charge < -0.3 is 4.74 Å². The van der Waals surface area contributed by atoms with E-state index >= 15 is 0 Å². The fraction of sp³-hybridized carbons (Fsp3) is 0.500. The maximum atomic E-state index is 12.6. The molecule has 0 radical (unpaired) electrons. The maximum Gasteiger partial charge on any atom is 0.339 e. The fourth-order valence-corrected chi connectivity index (χ4v) is 3.62. The van der Waals surface area contributed by atoms with E-state index in [1.807, 2.05) is 0 Å². The molecule has 6 heteroatoms. The molecule has 0 spiro atoms. The highest BCUT2D eigenvalue weighted by molar-refractivity contribution is 7.89. The number of esters is 1. The predicted octanol–water partition coefficient (Wildman–Crippen LogP) is 1.75. The van der Waals surface area contributed by atoms with Gasteiger partial charge in [0.25, 0.3) is 0 Å². The van der Waals surface area contributed by atoms with Crippen molar-refractivity contribution in [1.82, 2.24) is 4.31 Å².